The Morgan fingerprint density at radius 3 is 2.65 bits per heavy atom. The molecule has 3 aromatic rings. The predicted octanol–water partition coefficient (Wildman–Crippen LogP) is 2.75. The Morgan fingerprint density at radius 1 is 1.16 bits per heavy atom. The van der Waals surface area contributed by atoms with Gasteiger partial charge in [0.05, 0.1) is 17.9 Å². The molecule has 4 rings (SSSR count). The number of amides is 1. The van der Waals surface area contributed by atoms with Crippen molar-refractivity contribution in [3.05, 3.63) is 72.1 Å². The Hall–Kier alpha value is -3.04. The van der Waals surface area contributed by atoms with Gasteiger partial charge in [-0.2, -0.15) is 4.31 Å². The predicted molar refractivity (Wildman–Crippen MR) is 116 cm³/mol. The molecule has 3 heterocycles. The van der Waals surface area contributed by atoms with Crippen LogP contribution in [0.15, 0.2) is 60.0 Å². The van der Waals surface area contributed by atoms with Gasteiger partial charge in [-0.15, -0.1) is 0 Å². The summed E-state index contributed by atoms with van der Waals surface area (Å²) in [7, 11) is -3.70. The molecule has 0 atom stereocenters. The molecule has 1 aromatic carbocycles. The Labute approximate surface area is 182 Å². The number of hydrogen-bond donors (Lipinski definition) is 1. The van der Waals surface area contributed by atoms with Crippen molar-refractivity contribution in [3.8, 4) is 5.69 Å². The number of imidazole rings is 1. The molecule has 8 nitrogen and oxygen atoms in total. The molecule has 1 aliphatic rings. The summed E-state index contributed by atoms with van der Waals surface area (Å²) in [5, 5.41) is 2.87. The highest BCUT2D eigenvalue weighted by atomic mass is 32.2. The van der Waals surface area contributed by atoms with Crippen molar-refractivity contribution >= 4 is 15.9 Å². The average Bonchev–Trinajstić information content (AvgIpc) is 3.15. The second-order valence-electron chi connectivity index (χ2n) is 7.94. The molecular formula is C22H25N5O3S. The zero-order valence-corrected chi connectivity index (χ0v) is 18.3. The van der Waals surface area contributed by atoms with Crippen LogP contribution in [-0.2, 0) is 23.1 Å². The first kappa shape index (κ1) is 21.2. The van der Waals surface area contributed by atoms with Crippen molar-refractivity contribution < 1.29 is 13.2 Å². The van der Waals surface area contributed by atoms with Crippen molar-refractivity contribution in [2.45, 2.75) is 38.3 Å². The van der Waals surface area contributed by atoms with Crippen LogP contribution < -0.4 is 5.32 Å². The largest absolute Gasteiger partial charge is 0.347 e. The van der Waals surface area contributed by atoms with Crippen LogP contribution >= 0.6 is 0 Å². The van der Waals surface area contributed by atoms with E-state index in [1.165, 1.54) is 10.6 Å². The van der Waals surface area contributed by atoms with Gasteiger partial charge in [0.25, 0.3) is 5.91 Å². The fourth-order valence-electron chi connectivity index (χ4n) is 3.56. The molecule has 0 bridgehead atoms. The molecule has 2 aromatic heterocycles. The fourth-order valence-corrected chi connectivity index (χ4v) is 5.15. The number of sulfonamides is 1. The molecule has 0 fully saturated rings. The molecule has 31 heavy (non-hydrogen) atoms. The second kappa shape index (κ2) is 8.60. The maximum atomic E-state index is 13.4. The summed E-state index contributed by atoms with van der Waals surface area (Å²) in [6, 6.07) is 10.5. The molecule has 0 saturated heterocycles. The number of carbonyl (C=O) groups is 1. The molecule has 162 valence electrons. The van der Waals surface area contributed by atoms with E-state index in [2.05, 4.69) is 29.1 Å². The molecule has 0 aliphatic carbocycles. The molecule has 1 amide bonds. The monoisotopic (exact) mass is 439 g/mol. The number of carbonyl (C=O) groups excluding carboxylic acids is 1. The highest BCUT2D eigenvalue weighted by Crippen LogP contribution is 2.31. The lowest BCUT2D eigenvalue weighted by atomic mass is 10.1. The maximum Gasteiger partial charge on any atom is 0.272 e. The maximum absolute atomic E-state index is 13.4. The van der Waals surface area contributed by atoms with Gasteiger partial charge in [-0.1, -0.05) is 26.0 Å². The number of nitrogens with one attached hydrogen (secondary N) is 1. The van der Waals surface area contributed by atoms with Crippen LogP contribution in [0, 0.1) is 5.92 Å². The number of para-hydroxylation sites is 1. The van der Waals surface area contributed by atoms with Gasteiger partial charge in [0.15, 0.2) is 5.69 Å². The zero-order valence-electron chi connectivity index (χ0n) is 17.5. The van der Waals surface area contributed by atoms with E-state index in [1.54, 1.807) is 41.2 Å². The molecule has 1 aliphatic heterocycles. The lowest BCUT2D eigenvalue weighted by Gasteiger charge is -2.21. The average molecular weight is 440 g/mol. The minimum absolute atomic E-state index is 0.0851. The summed E-state index contributed by atoms with van der Waals surface area (Å²) in [6.45, 7) is 4.90. The van der Waals surface area contributed by atoms with E-state index in [0.29, 0.717) is 30.4 Å². The third-order valence-corrected chi connectivity index (χ3v) is 7.20. The highest BCUT2D eigenvalue weighted by Gasteiger charge is 2.34. The quantitative estimate of drug-likeness (QED) is 0.637. The van der Waals surface area contributed by atoms with Gasteiger partial charge >= 0.3 is 0 Å². The molecule has 1 N–H and O–H groups in total. The van der Waals surface area contributed by atoms with E-state index in [1.807, 2.05) is 12.1 Å². The van der Waals surface area contributed by atoms with E-state index < -0.39 is 10.0 Å². The van der Waals surface area contributed by atoms with Gasteiger partial charge in [0, 0.05) is 25.5 Å². The highest BCUT2D eigenvalue weighted by molar-refractivity contribution is 7.89. The van der Waals surface area contributed by atoms with E-state index in [-0.39, 0.29) is 23.0 Å². The van der Waals surface area contributed by atoms with Crippen LogP contribution in [0.1, 0.15) is 42.0 Å². The minimum Gasteiger partial charge on any atom is -0.347 e. The number of hydrogen-bond acceptors (Lipinski definition) is 5. The number of aromatic nitrogens is 3. The van der Waals surface area contributed by atoms with Crippen molar-refractivity contribution in [1.82, 2.24) is 24.2 Å². The van der Waals surface area contributed by atoms with Crippen LogP contribution in [0.4, 0.5) is 0 Å². The van der Waals surface area contributed by atoms with Gasteiger partial charge in [-0.3, -0.25) is 14.3 Å². The first-order chi connectivity index (χ1) is 14.9. The summed E-state index contributed by atoms with van der Waals surface area (Å²) in [6.07, 6.45) is 5.58. The van der Waals surface area contributed by atoms with E-state index >= 15 is 0 Å². The zero-order chi connectivity index (χ0) is 22.0. The van der Waals surface area contributed by atoms with Crippen LogP contribution in [0.5, 0.6) is 0 Å². The number of pyridine rings is 1. The van der Waals surface area contributed by atoms with Crippen LogP contribution in [0.3, 0.4) is 0 Å². The number of rotatable bonds is 6. The third-order valence-electron chi connectivity index (χ3n) is 5.31. The van der Waals surface area contributed by atoms with Crippen molar-refractivity contribution in [1.29, 1.82) is 0 Å². The summed E-state index contributed by atoms with van der Waals surface area (Å²) in [5.74, 6) is 0.00731. The van der Waals surface area contributed by atoms with Crippen molar-refractivity contribution in [3.63, 3.8) is 0 Å². The number of benzene rings is 1. The van der Waals surface area contributed by atoms with Crippen LogP contribution in [-0.4, -0.2) is 39.7 Å². The van der Waals surface area contributed by atoms with Crippen molar-refractivity contribution in [2.75, 3.05) is 6.54 Å². The lowest BCUT2D eigenvalue weighted by Crippen LogP contribution is -2.32. The smallest absolute Gasteiger partial charge is 0.272 e. The SMILES string of the molecule is CC(C)CCN1Cc2c(C(=O)NCc3ccncc3)ncn2-c2ccccc2S1(=O)=O. The molecule has 0 saturated carbocycles. The first-order valence-corrected chi connectivity index (χ1v) is 11.6. The van der Waals surface area contributed by atoms with Crippen molar-refractivity contribution in [2.24, 2.45) is 5.92 Å². The molecular weight excluding hydrogens is 414 g/mol. The Kier molecular flexibility index (Phi) is 5.88. The summed E-state index contributed by atoms with van der Waals surface area (Å²) in [4.78, 5) is 21.5. The van der Waals surface area contributed by atoms with Gasteiger partial charge in [-0.25, -0.2) is 13.4 Å². The summed E-state index contributed by atoms with van der Waals surface area (Å²) >= 11 is 0. The normalized spacial score (nSPS) is 15.2. The van der Waals surface area contributed by atoms with Gasteiger partial charge < -0.3 is 5.32 Å². The van der Waals surface area contributed by atoms with Gasteiger partial charge in [-0.05, 0) is 42.2 Å². The lowest BCUT2D eigenvalue weighted by molar-refractivity contribution is 0.0944. The Morgan fingerprint density at radius 2 is 1.90 bits per heavy atom. The summed E-state index contributed by atoms with van der Waals surface area (Å²) < 4.78 is 29.9. The summed E-state index contributed by atoms with van der Waals surface area (Å²) in [5.41, 5.74) is 2.21. The second-order valence-corrected chi connectivity index (χ2v) is 9.84. The van der Waals surface area contributed by atoms with E-state index in [9.17, 15) is 13.2 Å². The topological polar surface area (TPSA) is 97.2 Å². The number of fused-ring (bicyclic) bond motifs is 3. The van der Waals surface area contributed by atoms with Crippen LogP contribution in [0.25, 0.3) is 5.69 Å². The standard InChI is InChI=1S/C22H25N5O3S/c1-16(2)9-12-26-14-19-21(22(28)24-13-17-7-10-23-11-8-17)25-15-27(19)18-5-3-4-6-20(18)31(26,29)30/h3-8,10-11,15-16H,9,12-14H2,1-2H3,(H,24,28). The molecule has 0 radical (unpaired) electrons. The number of nitrogens with zero attached hydrogens (tertiary/aromatic N) is 4. The van der Waals surface area contributed by atoms with E-state index in [0.717, 1.165) is 12.0 Å². The third kappa shape index (κ3) is 4.24. The molecule has 9 heteroatoms. The fraction of sp³-hybridized carbons (Fsp3) is 0.318. The van der Waals surface area contributed by atoms with Gasteiger partial charge in [0.2, 0.25) is 10.0 Å². The molecule has 0 spiro atoms. The van der Waals surface area contributed by atoms with E-state index in [4.69, 9.17) is 0 Å². The first-order valence-electron chi connectivity index (χ1n) is 10.2. The minimum atomic E-state index is -3.70. The molecule has 0 unspecified atom stereocenters. The Balaban J connectivity index is 1.71. The van der Waals surface area contributed by atoms with Gasteiger partial charge in [0.1, 0.15) is 11.2 Å². The Bertz CT molecular complexity index is 1190. The van der Waals surface area contributed by atoms with Crippen LogP contribution in [0.2, 0.25) is 0 Å².